The van der Waals surface area contributed by atoms with E-state index in [1.165, 1.54) is 23.6 Å². The lowest BCUT2D eigenvalue weighted by atomic mass is 10.2. The summed E-state index contributed by atoms with van der Waals surface area (Å²) in [7, 11) is 3.03. The molecular weight excluding hydrogens is 306 g/mol. The van der Waals surface area contributed by atoms with Crippen molar-refractivity contribution in [2.75, 3.05) is 18.2 Å². The SMILES string of the molecule is COC(=O)c1ccccc1NC(=O)CCSc1nnnn1C. The van der Waals surface area contributed by atoms with Gasteiger partial charge in [-0.25, -0.2) is 9.48 Å². The van der Waals surface area contributed by atoms with Crippen molar-refractivity contribution in [2.45, 2.75) is 11.6 Å². The lowest BCUT2D eigenvalue weighted by Crippen LogP contribution is -2.15. The Morgan fingerprint density at radius 1 is 1.36 bits per heavy atom. The van der Waals surface area contributed by atoms with Crippen LogP contribution >= 0.6 is 11.8 Å². The third-order valence-electron chi connectivity index (χ3n) is 2.75. The molecule has 0 aliphatic rings. The highest BCUT2D eigenvalue weighted by Crippen LogP contribution is 2.17. The second-order valence-electron chi connectivity index (χ2n) is 4.27. The standard InChI is InChI=1S/C13H15N5O3S/c1-18-13(15-16-17-18)22-8-7-11(19)14-10-6-4-3-5-9(10)12(20)21-2/h3-6H,7-8H2,1-2H3,(H,14,19). The van der Waals surface area contributed by atoms with Crippen LogP contribution in [0.25, 0.3) is 0 Å². The number of esters is 1. The maximum atomic E-state index is 12.0. The van der Waals surface area contributed by atoms with Gasteiger partial charge in [-0.3, -0.25) is 4.79 Å². The molecule has 1 amide bonds. The topological polar surface area (TPSA) is 99.0 Å². The van der Waals surface area contributed by atoms with Gasteiger partial charge in [-0.1, -0.05) is 23.9 Å². The Morgan fingerprint density at radius 3 is 2.82 bits per heavy atom. The molecule has 9 heteroatoms. The third kappa shape index (κ3) is 4.04. The summed E-state index contributed by atoms with van der Waals surface area (Å²) in [6.07, 6.45) is 0.271. The van der Waals surface area contributed by atoms with Gasteiger partial charge in [0.05, 0.1) is 18.4 Å². The highest BCUT2D eigenvalue weighted by atomic mass is 32.2. The van der Waals surface area contributed by atoms with Gasteiger partial charge >= 0.3 is 5.97 Å². The summed E-state index contributed by atoms with van der Waals surface area (Å²) in [5.41, 5.74) is 0.758. The number of hydrogen-bond donors (Lipinski definition) is 1. The Bertz CT molecular complexity index is 673. The van der Waals surface area contributed by atoms with Crippen LogP contribution in [0.2, 0.25) is 0 Å². The molecule has 0 bridgehead atoms. The van der Waals surface area contributed by atoms with E-state index in [0.717, 1.165) is 0 Å². The average Bonchev–Trinajstić information content (AvgIpc) is 2.92. The number of benzene rings is 1. The van der Waals surface area contributed by atoms with Gasteiger partial charge in [0.1, 0.15) is 0 Å². The Hall–Kier alpha value is -2.42. The number of amides is 1. The zero-order valence-corrected chi connectivity index (χ0v) is 13.0. The molecule has 0 unspecified atom stereocenters. The van der Waals surface area contributed by atoms with Gasteiger partial charge in [0.15, 0.2) is 0 Å². The van der Waals surface area contributed by atoms with Gasteiger partial charge in [-0.15, -0.1) is 5.10 Å². The molecule has 22 heavy (non-hydrogen) atoms. The van der Waals surface area contributed by atoms with Crippen LogP contribution in [-0.2, 0) is 16.6 Å². The molecule has 0 spiro atoms. The van der Waals surface area contributed by atoms with E-state index in [-0.39, 0.29) is 12.3 Å². The van der Waals surface area contributed by atoms with Gasteiger partial charge in [0.25, 0.3) is 0 Å². The second-order valence-corrected chi connectivity index (χ2v) is 5.33. The van der Waals surface area contributed by atoms with Crippen molar-refractivity contribution in [3.63, 3.8) is 0 Å². The van der Waals surface area contributed by atoms with E-state index < -0.39 is 5.97 Å². The highest BCUT2D eigenvalue weighted by molar-refractivity contribution is 7.99. The highest BCUT2D eigenvalue weighted by Gasteiger charge is 2.13. The normalized spacial score (nSPS) is 10.3. The summed E-state index contributed by atoms with van der Waals surface area (Å²) < 4.78 is 6.22. The van der Waals surface area contributed by atoms with Crippen molar-refractivity contribution >= 4 is 29.3 Å². The first-order valence-electron chi connectivity index (χ1n) is 6.44. The molecule has 0 atom stereocenters. The first-order valence-corrected chi connectivity index (χ1v) is 7.42. The van der Waals surface area contributed by atoms with Gasteiger partial charge < -0.3 is 10.1 Å². The maximum absolute atomic E-state index is 12.0. The van der Waals surface area contributed by atoms with Crippen molar-refractivity contribution in [2.24, 2.45) is 7.05 Å². The molecule has 1 heterocycles. The molecule has 0 aliphatic carbocycles. The Balaban J connectivity index is 1.90. The summed E-state index contributed by atoms with van der Waals surface area (Å²) in [6.45, 7) is 0. The Morgan fingerprint density at radius 2 is 2.14 bits per heavy atom. The van der Waals surface area contributed by atoms with Crippen LogP contribution in [0.4, 0.5) is 5.69 Å². The quantitative estimate of drug-likeness (QED) is 0.628. The van der Waals surface area contributed by atoms with E-state index in [1.54, 1.807) is 31.3 Å². The Labute approximate surface area is 131 Å². The van der Waals surface area contributed by atoms with Crippen LogP contribution in [0.5, 0.6) is 0 Å². The van der Waals surface area contributed by atoms with Gasteiger partial charge in [0, 0.05) is 19.2 Å². The second kappa shape index (κ2) is 7.55. The number of carbonyl (C=O) groups excluding carboxylic acids is 2. The third-order valence-corrected chi connectivity index (χ3v) is 3.76. The fraction of sp³-hybridized carbons (Fsp3) is 0.308. The molecule has 0 fully saturated rings. The van der Waals surface area contributed by atoms with Crippen LogP contribution in [0.3, 0.4) is 0 Å². The van der Waals surface area contributed by atoms with Gasteiger partial charge in [-0.05, 0) is 22.6 Å². The predicted molar refractivity (Wildman–Crippen MR) is 80.6 cm³/mol. The van der Waals surface area contributed by atoms with Gasteiger partial charge in [0.2, 0.25) is 11.1 Å². The number of methoxy groups -OCH3 is 1. The summed E-state index contributed by atoms with van der Waals surface area (Å²) >= 11 is 1.38. The van der Waals surface area contributed by atoms with E-state index in [4.69, 9.17) is 0 Å². The number of thioether (sulfide) groups is 1. The van der Waals surface area contributed by atoms with Crippen molar-refractivity contribution < 1.29 is 14.3 Å². The first kappa shape index (κ1) is 16.0. The number of rotatable bonds is 6. The van der Waals surface area contributed by atoms with Crippen LogP contribution in [0.1, 0.15) is 16.8 Å². The number of anilines is 1. The lowest BCUT2D eigenvalue weighted by molar-refractivity contribution is -0.115. The minimum Gasteiger partial charge on any atom is -0.465 e. The largest absolute Gasteiger partial charge is 0.465 e. The smallest absolute Gasteiger partial charge is 0.339 e. The van der Waals surface area contributed by atoms with E-state index >= 15 is 0 Å². The minimum absolute atomic E-state index is 0.195. The molecule has 116 valence electrons. The van der Waals surface area contributed by atoms with Crippen LogP contribution in [0, 0.1) is 0 Å². The fourth-order valence-corrected chi connectivity index (χ4v) is 2.46. The Kier molecular flexibility index (Phi) is 5.48. The van der Waals surface area contributed by atoms with E-state index in [0.29, 0.717) is 22.2 Å². The molecule has 0 radical (unpaired) electrons. The van der Waals surface area contributed by atoms with Crippen LogP contribution < -0.4 is 5.32 Å². The van der Waals surface area contributed by atoms with Crippen molar-refractivity contribution in [1.82, 2.24) is 20.2 Å². The predicted octanol–water partition coefficient (Wildman–Crippen LogP) is 1.12. The maximum Gasteiger partial charge on any atom is 0.339 e. The molecule has 2 aromatic rings. The van der Waals surface area contributed by atoms with Crippen molar-refractivity contribution in [1.29, 1.82) is 0 Å². The summed E-state index contributed by atoms with van der Waals surface area (Å²) in [4.78, 5) is 23.6. The molecule has 8 nitrogen and oxygen atoms in total. The summed E-state index contributed by atoms with van der Waals surface area (Å²) in [5, 5.41) is 14.4. The molecule has 1 aromatic heterocycles. The first-order chi connectivity index (χ1) is 10.6. The number of carbonyl (C=O) groups is 2. The zero-order chi connectivity index (χ0) is 15.9. The average molecular weight is 321 g/mol. The number of nitrogens with one attached hydrogen (secondary N) is 1. The van der Waals surface area contributed by atoms with E-state index in [2.05, 4.69) is 25.6 Å². The number of aryl methyl sites for hydroxylation is 1. The monoisotopic (exact) mass is 321 g/mol. The molecule has 1 N–H and O–H groups in total. The molecule has 0 aliphatic heterocycles. The fourth-order valence-electron chi connectivity index (χ4n) is 1.67. The van der Waals surface area contributed by atoms with Crippen molar-refractivity contribution in [3.8, 4) is 0 Å². The van der Waals surface area contributed by atoms with E-state index in [1.807, 2.05) is 0 Å². The number of para-hydroxylation sites is 1. The summed E-state index contributed by atoms with van der Waals surface area (Å²) in [5.74, 6) is -0.158. The zero-order valence-electron chi connectivity index (χ0n) is 12.1. The number of aromatic nitrogens is 4. The number of ether oxygens (including phenoxy) is 1. The number of tetrazole rings is 1. The van der Waals surface area contributed by atoms with Crippen molar-refractivity contribution in [3.05, 3.63) is 29.8 Å². The van der Waals surface area contributed by atoms with Gasteiger partial charge in [-0.2, -0.15) is 0 Å². The molecule has 0 saturated heterocycles. The summed E-state index contributed by atoms with van der Waals surface area (Å²) in [6, 6.07) is 6.70. The number of hydrogen-bond acceptors (Lipinski definition) is 7. The molecular formula is C13H15N5O3S. The van der Waals surface area contributed by atoms with Crippen LogP contribution in [0.15, 0.2) is 29.4 Å². The lowest BCUT2D eigenvalue weighted by Gasteiger charge is -2.09. The molecule has 2 rings (SSSR count). The van der Waals surface area contributed by atoms with E-state index in [9.17, 15) is 9.59 Å². The molecule has 1 aromatic carbocycles. The number of nitrogens with zero attached hydrogens (tertiary/aromatic N) is 4. The minimum atomic E-state index is -0.490. The molecule has 0 saturated carbocycles. The van der Waals surface area contributed by atoms with Crippen LogP contribution in [-0.4, -0.2) is 44.9 Å².